The second-order valence-electron chi connectivity index (χ2n) is 6.85. The van der Waals surface area contributed by atoms with E-state index in [1.54, 1.807) is 6.07 Å². The monoisotopic (exact) mass is 389 g/mol. The zero-order valence-electron chi connectivity index (χ0n) is 15.6. The second kappa shape index (κ2) is 7.39. The summed E-state index contributed by atoms with van der Waals surface area (Å²) in [4.78, 5) is 12.2. The van der Waals surface area contributed by atoms with Crippen LogP contribution in [0, 0.1) is 0 Å². The standard InChI is InChI=1S/C23H19NO5/c25-23(24-12-16-13-27-21-7-3-4-8-22(21)28-16)14-26-15-9-10-20-18(11-15)17-5-1-2-6-19(17)29-20/h1-11,16H,12-14H2,(H,24,25)/t16-/m0/s1. The van der Waals surface area contributed by atoms with Crippen LogP contribution in [0.4, 0.5) is 0 Å². The molecule has 2 heterocycles. The highest BCUT2D eigenvalue weighted by molar-refractivity contribution is 6.05. The molecule has 1 N–H and O–H groups in total. The molecule has 4 aromatic rings. The maximum atomic E-state index is 12.2. The summed E-state index contributed by atoms with van der Waals surface area (Å²) < 4.78 is 23.0. The zero-order chi connectivity index (χ0) is 19.6. The van der Waals surface area contributed by atoms with Gasteiger partial charge in [0.05, 0.1) is 6.54 Å². The van der Waals surface area contributed by atoms with Gasteiger partial charge in [0.15, 0.2) is 18.1 Å². The van der Waals surface area contributed by atoms with Crippen LogP contribution in [0.2, 0.25) is 0 Å². The third-order valence-electron chi connectivity index (χ3n) is 4.81. The lowest BCUT2D eigenvalue weighted by molar-refractivity contribution is -0.123. The van der Waals surface area contributed by atoms with Gasteiger partial charge in [-0.25, -0.2) is 0 Å². The van der Waals surface area contributed by atoms with Crippen LogP contribution in [0.15, 0.2) is 71.1 Å². The van der Waals surface area contributed by atoms with Gasteiger partial charge in [0.2, 0.25) is 0 Å². The Morgan fingerprint density at radius 2 is 1.76 bits per heavy atom. The Bertz CT molecular complexity index is 1180. The Morgan fingerprint density at radius 1 is 0.966 bits per heavy atom. The quantitative estimate of drug-likeness (QED) is 0.560. The van der Waals surface area contributed by atoms with Crippen molar-refractivity contribution in [2.24, 2.45) is 0 Å². The number of hydrogen-bond acceptors (Lipinski definition) is 5. The van der Waals surface area contributed by atoms with Crippen LogP contribution in [0.5, 0.6) is 17.2 Å². The molecule has 0 saturated heterocycles. The molecule has 5 rings (SSSR count). The molecule has 0 aliphatic carbocycles. The van der Waals surface area contributed by atoms with Crippen molar-refractivity contribution >= 4 is 27.8 Å². The van der Waals surface area contributed by atoms with Crippen LogP contribution < -0.4 is 19.5 Å². The zero-order valence-corrected chi connectivity index (χ0v) is 15.6. The van der Waals surface area contributed by atoms with Crippen molar-refractivity contribution in [3.63, 3.8) is 0 Å². The van der Waals surface area contributed by atoms with Crippen LogP contribution in [0.3, 0.4) is 0 Å². The molecule has 0 spiro atoms. The maximum Gasteiger partial charge on any atom is 0.258 e. The van der Waals surface area contributed by atoms with E-state index < -0.39 is 0 Å². The van der Waals surface area contributed by atoms with Gasteiger partial charge in [0, 0.05) is 10.8 Å². The van der Waals surface area contributed by atoms with E-state index in [4.69, 9.17) is 18.6 Å². The highest BCUT2D eigenvalue weighted by atomic mass is 16.6. The molecule has 1 aliphatic rings. The van der Waals surface area contributed by atoms with E-state index >= 15 is 0 Å². The molecule has 1 atom stereocenters. The van der Waals surface area contributed by atoms with Gasteiger partial charge in [0.1, 0.15) is 29.6 Å². The molecular formula is C23H19NO5. The largest absolute Gasteiger partial charge is 0.486 e. The highest BCUT2D eigenvalue weighted by Crippen LogP contribution is 2.32. The van der Waals surface area contributed by atoms with Crippen molar-refractivity contribution in [3.8, 4) is 17.2 Å². The van der Waals surface area contributed by atoms with E-state index in [2.05, 4.69) is 5.32 Å². The van der Waals surface area contributed by atoms with Crippen molar-refractivity contribution < 1.29 is 23.4 Å². The molecule has 1 amide bonds. The van der Waals surface area contributed by atoms with E-state index in [0.29, 0.717) is 24.7 Å². The molecule has 6 heteroatoms. The SMILES string of the molecule is O=C(COc1ccc2oc3ccccc3c2c1)NC[C@H]1COc2ccccc2O1. The average molecular weight is 389 g/mol. The van der Waals surface area contributed by atoms with Gasteiger partial charge >= 0.3 is 0 Å². The van der Waals surface area contributed by atoms with Crippen molar-refractivity contribution in [1.29, 1.82) is 0 Å². The van der Waals surface area contributed by atoms with Gasteiger partial charge in [0.25, 0.3) is 5.91 Å². The molecule has 29 heavy (non-hydrogen) atoms. The lowest BCUT2D eigenvalue weighted by Gasteiger charge is -2.26. The summed E-state index contributed by atoms with van der Waals surface area (Å²) in [5.74, 6) is 1.81. The first kappa shape index (κ1) is 17.4. The number of benzene rings is 3. The average Bonchev–Trinajstić information content (AvgIpc) is 3.14. The predicted octanol–water partition coefficient (Wildman–Crippen LogP) is 3.92. The number of nitrogens with one attached hydrogen (secondary N) is 1. The molecule has 6 nitrogen and oxygen atoms in total. The van der Waals surface area contributed by atoms with E-state index in [1.807, 2.05) is 60.7 Å². The molecule has 0 fully saturated rings. The van der Waals surface area contributed by atoms with E-state index in [-0.39, 0.29) is 18.6 Å². The number of amides is 1. The number of furan rings is 1. The van der Waals surface area contributed by atoms with Gasteiger partial charge in [-0.1, -0.05) is 30.3 Å². The number of hydrogen-bond donors (Lipinski definition) is 1. The summed E-state index contributed by atoms with van der Waals surface area (Å²) in [6, 6.07) is 20.9. The van der Waals surface area contributed by atoms with E-state index in [1.165, 1.54) is 0 Å². The minimum Gasteiger partial charge on any atom is -0.486 e. The summed E-state index contributed by atoms with van der Waals surface area (Å²) >= 11 is 0. The topological polar surface area (TPSA) is 69.9 Å². The summed E-state index contributed by atoms with van der Waals surface area (Å²) in [5, 5.41) is 4.81. The van der Waals surface area contributed by atoms with Crippen LogP contribution in [0.1, 0.15) is 0 Å². The first-order valence-corrected chi connectivity index (χ1v) is 9.45. The van der Waals surface area contributed by atoms with E-state index in [0.717, 1.165) is 27.7 Å². The molecule has 0 radical (unpaired) electrons. The van der Waals surface area contributed by atoms with Gasteiger partial charge in [-0.05, 0) is 36.4 Å². The summed E-state index contributed by atoms with van der Waals surface area (Å²) in [6.07, 6.45) is -0.234. The summed E-state index contributed by atoms with van der Waals surface area (Å²) in [6.45, 7) is 0.662. The predicted molar refractivity (Wildman–Crippen MR) is 109 cm³/mol. The molecule has 1 aromatic heterocycles. The summed E-state index contributed by atoms with van der Waals surface area (Å²) in [7, 11) is 0. The molecule has 146 valence electrons. The van der Waals surface area contributed by atoms with Crippen LogP contribution >= 0.6 is 0 Å². The smallest absolute Gasteiger partial charge is 0.258 e. The van der Waals surface area contributed by atoms with Crippen LogP contribution in [0.25, 0.3) is 21.9 Å². The first-order valence-electron chi connectivity index (χ1n) is 9.45. The van der Waals surface area contributed by atoms with Crippen molar-refractivity contribution in [2.45, 2.75) is 6.10 Å². The first-order chi connectivity index (χ1) is 14.3. The van der Waals surface area contributed by atoms with Crippen LogP contribution in [-0.2, 0) is 4.79 Å². The highest BCUT2D eigenvalue weighted by Gasteiger charge is 2.21. The van der Waals surface area contributed by atoms with Gasteiger partial charge in [-0.3, -0.25) is 4.79 Å². The Balaban J connectivity index is 1.17. The molecular weight excluding hydrogens is 370 g/mol. The van der Waals surface area contributed by atoms with Gasteiger partial charge < -0.3 is 23.9 Å². The lowest BCUT2D eigenvalue weighted by atomic mass is 10.1. The van der Waals surface area contributed by atoms with Gasteiger partial charge in [-0.2, -0.15) is 0 Å². The van der Waals surface area contributed by atoms with E-state index in [9.17, 15) is 4.79 Å². The normalized spacial score (nSPS) is 15.4. The molecule has 0 saturated carbocycles. The third kappa shape index (κ3) is 3.57. The fourth-order valence-electron chi connectivity index (χ4n) is 3.39. The number of rotatable bonds is 5. The van der Waals surface area contributed by atoms with Crippen molar-refractivity contribution in [3.05, 3.63) is 66.7 Å². The van der Waals surface area contributed by atoms with Gasteiger partial charge in [-0.15, -0.1) is 0 Å². The number of fused-ring (bicyclic) bond motifs is 4. The minimum absolute atomic E-state index is 0.0779. The Kier molecular flexibility index (Phi) is 4.44. The number of carbonyl (C=O) groups is 1. The second-order valence-corrected chi connectivity index (χ2v) is 6.85. The number of para-hydroxylation sites is 3. The Hall–Kier alpha value is -3.67. The number of ether oxygens (including phenoxy) is 3. The Morgan fingerprint density at radius 3 is 2.69 bits per heavy atom. The molecule has 0 unspecified atom stereocenters. The fraction of sp³-hybridized carbons (Fsp3) is 0.174. The van der Waals surface area contributed by atoms with Crippen LogP contribution in [-0.4, -0.2) is 31.8 Å². The summed E-state index contributed by atoms with van der Waals surface area (Å²) in [5.41, 5.74) is 1.62. The lowest BCUT2D eigenvalue weighted by Crippen LogP contribution is -2.42. The number of carbonyl (C=O) groups excluding carboxylic acids is 1. The van der Waals surface area contributed by atoms with Crippen molar-refractivity contribution in [2.75, 3.05) is 19.8 Å². The van der Waals surface area contributed by atoms with Crippen molar-refractivity contribution in [1.82, 2.24) is 5.32 Å². The molecule has 1 aliphatic heterocycles. The maximum absolute atomic E-state index is 12.2. The minimum atomic E-state index is -0.234. The third-order valence-corrected chi connectivity index (χ3v) is 4.81. The Labute approximate surface area is 167 Å². The fourth-order valence-corrected chi connectivity index (χ4v) is 3.39. The molecule has 0 bridgehead atoms. The molecule has 3 aromatic carbocycles.